The zero-order chi connectivity index (χ0) is 29.6. The molecule has 41 heavy (non-hydrogen) atoms. The van der Waals surface area contributed by atoms with Gasteiger partial charge in [-0.15, -0.1) is 0 Å². The molecular weight excluding hydrogens is 508 g/mol. The van der Waals surface area contributed by atoms with Gasteiger partial charge in [0.05, 0.1) is 17.6 Å². The van der Waals surface area contributed by atoms with Crippen molar-refractivity contribution in [3.8, 4) is 0 Å². The first-order chi connectivity index (χ1) is 19.1. The largest absolute Gasteiger partial charge is 0.460 e. The van der Waals surface area contributed by atoms with Crippen LogP contribution in [0.1, 0.15) is 112 Å². The van der Waals surface area contributed by atoms with Crippen molar-refractivity contribution in [2.24, 2.45) is 50.2 Å². The van der Waals surface area contributed by atoms with Gasteiger partial charge in [-0.1, -0.05) is 90.4 Å². The number of carbonyl (C=O) groups excluding carboxylic acids is 1. The smallest absolute Gasteiger partial charge is 0.313 e. The fourth-order valence-electron chi connectivity index (χ4n) is 11.6. The molecule has 0 bridgehead atoms. The topological polar surface area (TPSA) is 66.8 Å². The van der Waals surface area contributed by atoms with Crippen molar-refractivity contribution >= 4 is 5.97 Å². The third-order valence-electron chi connectivity index (χ3n) is 14.2. The Kier molecular flexibility index (Phi) is 6.76. The SMILES string of the molecule is CC1(C)CC[C@]2(C(=O)OCc3ccccc3)CC[C@]3(C)C(=CC[C@@H]4[C@@]5(C)C[C@@H](O)[C@H](O)C(C)(C)[C@@H]5CC[C@]43C)[C@@H]2C1. The van der Waals surface area contributed by atoms with Crippen molar-refractivity contribution in [3.05, 3.63) is 47.5 Å². The van der Waals surface area contributed by atoms with Gasteiger partial charge in [0.1, 0.15) is 6.61 Å². The van der Waals surface area contributed by atoms with Crippen LogP contribution in [0.15, 0.2) is 42.0 Å². The summed E-state index contributed by atoms with van der Waals surface area (Å²) in [6, 6.07) is 10.1. The maximum atomic E-state index is 14.2. The molecule has 0 saturated heterocycles. The average Bonchev–Trinajstić information content (AvgIpc) is 2.91. The average molecular weight is 563 g/mol. The Balaban J connectivity index is 1.37. The highest BCUT2D eigenvalue weighted by Gasteiger charge is 2.70. The molecule has 0 radical (unpaired) electrons. The number of hydrogen-bond acceptors (Lipinski definition) is 4. The standard InChI is InChI=1S/C37H54O4/c1-32(2)17-19-37(31(40)41-23-24-11-9-8-10-12-24)20-18-35(6)25(26(37)21-32)13-14-29-34(5)22-27(38)30(39)33(3,4)28(34)15-16-36(29,35)7/h8-13,26-30,38-39H,14-23H2,1-7H3/t26-,27+,28-,29+,30-,34-,35+,36+,37-/m0/s1. The van der Waals surface area contributed by atoms with E-state index in [4.69, 9.17) is 4.74 Å². The first-order valence-corrected chi connectivity index (χ1v) is 16.4. The summed E-state index contributed by atoms with van der Waals surface area (Å²) in [6.07, 6.45) is 10.0. The molecule has 0 spiro atoms. The number of carbonyl (C=O) groups is 1. The Morgan fingerprint density at radius 2 is 1.56 bits per heavy atom. The molecule has 0 heterocycles. The fourth-order valence-corrected chi connectivity index (χ4v) is 11.6. The van der Waals surface area contributed by atoms with Gasteiger partial charge in [0.15, 0.2) is 0 Å². The van der Waals surface area contributed by atoms with Crippen LogP contribution in [0, 0.1) is 50.2 Å². The number of aliphatic hydroxyl groups is 2. The second kappa shape index (κ2) is 9.42. The first kappa shape index (κ1) is 29.4. The van der Waals surface area contributed by atoms with E-state index in [1.54, 1.807) is 0 Å². The van der Waals surface area contributed by atoms with Crippen molar-refractivity contribution in [1.82, 2.24) is 0 Å². The van der Waals surface area contributed by atoms with Gasteiger partial charge in [-0.3, -0.25) is 4.79 Å². The van der Waals surface area contributed by atoms with E-state index in [0.717, 1.165) is 56.9 Å². The molecule has 226 valence electrons. The second-order valence-corrected chi connectivity index (χ2v) is 17.0. The highest BCUT2D eigenvalue weighted by molar-refractivity contribution is 5.79. The number of ether oxygens (including phenoxy) is 1. The van der Waals surface area contributed by atoms with E-state index >= 15 is 0 Å². The Morgan fingerprint density at radius 1 is 0.878 bits per heavy atom. The van der Waals surface area contributed by atoms with Crippen LogP contribution in [0.4, 0.5) is 0 Å². The number of fused-ring (bicyclic) bond motifs is 7. The van der Waals surface area contributed by atoms with Crippen LogP contribution < -0.4 is 0 Å². The molecule has 5 aliphatic rings. The summed E-state index contributed by atoms with van der Waals surface area (Å²) in [7, 11) is 0. The van der Waals surface area contributed by atoms with Crippen LogP contribution >= 0.6 is 0 Å². The van der Waals surface area contributed by atoms with Crippen molar-refractivity contribution in [2.75, 3.05) is 0 Å². The Hall–Kier alpha value is -1.65. The maximum Gasteiger partial charge on any atom is 0.313 e. The van der Waals surface area contributed by atoms with E-state index < -0.39 is 17.6 Å². The van der Waals surface area contributed by atoms with Gasteiger partial charge in [0, 0.05) is 0 Å². The molecule has 4 fully saturated rings. The molecule has 1 aromatic carbocycles. The zero-order valence-electron chi connectivity index (χ0n) is 26.6. The van der Waals surface area contributed by atoms with E-state index in [1.165, 1.54) is 5.57 Å². The lowest BCUT2D eigenvalue weighted by Gasteiger charge is -2.71. The van der Waals surface area contributed by atoms with Gasteiger partial charge < -0.3 is 14.9 Å². The summed E-state index contributed by atoms with van der Waals surface area (Å²) in [5.41, 5.74) is 2.09. The molecule has 5 aliphatic carbocycles. The highest BCUT2D eigenvalue weighted by atomic mass is 16.5. The molecule has 0 amide bonds. The molecule has 1 aromatic rings. The lowest BCUT2D eigenvalue weighted by Crippen LogP contribution is -2.67. The predicted octanol–water partition coefficient (Wildman–Crippen LogP) is 7.86. The molecule has 2 N–H and O–H groups in total. The predicted molar refractivity (Wildman–Crippen MR) is 163 cm³/mol. The summed E-state index contributed by atoms with van der Waals surface area (Å²) < 4.78 is 6.15. The number of benzene rings is 1. The van der Waals surface area contributed by atoms with Gasteiger partial charge >= 0.3 is 5.97 Å². The molecule has 4 heteroatoms. The number of hydrogen-bond donors (Lipinski definition) is 2. The van der Waals surface area contributed by atoms with Crippen LogP contribution in [0.25, 0.3) is 0 Å². The molecule has 0 aromatic heterocycles. The van der Waals surface area contributed by atoms with Gasteiger partial charge in [-0.25, -0.2) is 0 Å². The summed E-state index contributed by atoms with van der Waals surface area (Å²) in [5.74, 6) is 1.05. The third-order valence-corrected chi connectivity index (χ3v) is 14.2. The normalized spacial score (nSPS) is 46.2. The van der Waals surface area contributed by atoms with Gasteiger partial charge in [-0.2, -0.15) is 0 Å². The van der Waals surface area contributed by atoms with E-state index in [9.17, 15) is 15.0 Å². The zero-order valence-corrected chi connectivity index (χ0v) is 26.6. The van der Waals surface area contributed by atoms with E-state index in [2.05, 4.69) is 54.5 Å². The minimum absolute atomic E-state index is 0.0103. The van der Waals surface area contributed by atoms with Crippen molar-refractivity contribution < 1.29 is 19.7 Å². The van der Waals surface area contributed by atoms with E-state index in [-0.39, 0.29) is 39.0 Å². The molecular formula is C37H54O4. The maximum absolute atomic E-state index is 14.2. The fraction of sp³-hybridized carbons (Fsp3) is 0.757. The van der Waals surface area contributed by atoms with Crippen LogP contribution in [0.5, 0.6) is 0 Å². The number of aliphatic hydroxyl groups excluding tert-OH is 2. The van der Waals surface area contributed by atoms with Crippen LogP contribution in [0.3, 0.4) is 0 Å². The first-order valence-electron chi connectivity index (χ1n) is 16.4. The molecule has 0 aliphatic heterocycles. The Labute approximate surface area is 248 Å². The summed E-state index contributed by atoms with van der Waals surface area (Å²) in [6.45, 7) is 17.0. The van der Waals surface area contributed by atoms with Crippen LogP contribution in [-0.2, 0) is 16.1 Å². The van der Waals surface area contributed by atoms with Crippen molar-refractivity contribution in [2.45, 2.75) is 125 Å². The summed E-state index contributed by atoms with van der Waals surface area (Å²) >= 11 is 0. The lowest BCUT2D eigenvalue weighted by atomic mass is 9.33. The molecule has 4 saturated carbocycles. The monoisotopic (exact) mass is 562 g/mol. The quantitative estimate of drug-likeness (QED) is 0.291. The summed E-state index contributed by atoms with van der Waals surface area (Å²) in [5, 5.41) is 22.1. The minimum atomic E-state index is -0.677. The van der Waals surface area contributed by atoms with Gasteiger partial charge in [-0.05, 0) is 108 Å². The number of rotatable bonds is 3. The molecule has 9 atom stereocenters. The van der Waals surface area contributed by atoms with E-state index in [0.29, 0.717) is 24.9 Å². The molecule has 4 nitrogen and oxygen atoms in total. The summed E-state index contributed by atoms with van der Waals surface area (Å²) in [4.78, 5) is 14.2. The van der Waals surface area contributed by atoms with Crippen molar-refractivity contribution in [1.29, 1.82) is 0 Å². The lowest BCUT2D eigenvalue weighted by molar-refractivity contribution is -0.232. The van der Waals surface area contributed by atoms with Crippen LogP contribution in [0.2, 0.25) is 0 Å². The Morgan fingerprint density at radius 3 is 2.27 bits per heavy atom. The van der Waals surface area contributed by atoms with Crippen LogP contribution in [-0.4, -0.2) is 28.4 Å². The number of esters is 1. The van der Waals surface area contributed by atoms with Gasteiger partial charge in [0.2, 0.25) is 0 Å². The third kappa shape index (κ3) is 4.09. The van der Waals surface area contributed by atoms with Gasteiger partial charge in [0.25, 0.3) is 0 Å². The number of allylic oxidation sites excluding steroid dienone is 2. The minimum Gasteiger partial charge on any atom is -0.460 e. The second-order valence-electron chi connectivity index (χ2n) is 17.0. The van der Waals surface area contributed by atoms with Crippen molar-refractivity contribution in [3.63, 3.8) is 0 Å². The Bertz CT molecular complexity index is 1220. The molecule has 6 rings (SSSR count). The van der Waals surface area contributed by atoms with E-state index in [1.807, 2.05) is 30.3 Å². The molecule has 0 unspecified atom stereocenters. The highest BCUT2D eigenvalue weighted by Crippen LogP contribution is 2.75.